The standard InChI is InChI=1S/C19H20O/c1-3-10-18(16-11-6-4-7-12-16)15(2)19(20)17-13-8-5-9-14-17/h3-15,18H,1-2H3/b10-3+. The van der Waals surface area contributed by atoms with Gasteiger partial charge in [0.05, 0.1) is 0 Å². The molecule has 0 aromatic heterocycles. The average molecular weight is 264 g/mol. The molecule has 0 aliphatic heterocycles. The second kappa shape index (κ2) is 6.85. The summed E-state index contributed by atoms with van der Waals surface area (Å²) in [6, 6.07) is 19.7. The Kier molecular flexibility index (Phi) is 4.89. The van der Waals surface area contributed by atoms with Crippen molar-refractivity contribution in [1.82, 2.24) is 0 Å². The molecule has 20 heavy (non-hydrogen) atoms. The first-order chi connectivity index (χ1) is 9.74. The second-order valence-electron chi connectivity index (χ2n) is 4.98. The molecule has 0 N–H and O–H groups in total. The first-order valence-electron chi connectivity index (χ1n) is 7.01. The molecule has 1 nitrogen and oxygen atoms in total. The van der Waals surface area contributed by atoms with Gasteiger partial charge >= 0.3 is 0 Å². The van der Waals surface area contributed by atoms with E-state index >= 15 is 0 Å². The fourth-order valence-electron chi connectivity index (χ4n) is 2.48. The van der Waals surface area contributed by atoms with Gasteiger partial charge in [-0.2, -0.15) is 0 Å². The van der Waals surface area contributed by atoms with Crippen LogP contribution < -0.4 is 0 Å². The summed E-state index contributed by atoms with van der Waals surface area (Å²) in [6.45, 7) is 4.00. The molecule has 2 aromatic carbocycles. The Hall–Kier alpha value is -2.15. The molecule has 0 aliphatic rings. The number of carbonyl (C=O) groups excluding carboxylic acids is 1. The fourth-order valence-corrected chi connectivity index (χ4v) is 2.48. The molecule has 0 fully saturated rings. The van der Waals surface area contributed by atoms with Crippen LogP contribution in [0, 0.1) is 5.92 Å². The van der Waals surface area contributed by atoms with Gasteiger partial charge < -0.3 is 0 Å². The van der Waals surface area contributed by atoms with E-state index in [9.17, 15) is 4.79 Å². The van der Waals surface area contributed by atoms with E-state index in [2.05, 4.69) is 18.2 Å². The highest BCUT2D eigenvalue weighted by Gasteiger charge is 2.24. The molecule has 2 rings (SSSR count). The number of hydrogen-bond donors (Lipinski definition) is 0. The van der Waals surface area contributed by atoms with Crippen molar-refractivity contribution in [3.05, 3.63) is 83.9 Å². The molecule has 0 heterocycles. The predicted octanol–water partition coefficient (Wildman–Crippen LogP) is 4.87. The van der Waals surface area contributed by atoms with Crippen LogP contribution in [-0.4, -0.2) is 5.78 Å². The van der Waals surface area contributed by atoms with Gasteiger partial charge in [0, 0.05) is 17.4 Å². The first kappa shape index (κ1) is 14.3. The van der Waals surface area contributed by atoms with Gasteiger partial charge in [-0.15, -0.1) is 0 Å². The molecule has 0 amide bonds. The quantitative estimate of drug-likeness (QED) is 0.556. The van der Waals surface area contributed by atoms with Crippen LogP contribution >= 0.6 is 0 Å². The highest BCUT2D eigenvalue weighted by Crippen LogP contribution is 2.28. The minimum Gasteiger partial charge on any atom is -0.294 e. The highest BCUT2D eigenvalue weighted by molar-refractivity contribution is 5.98. The van der Waals surface area contributed by atoms with Crippen LogP contribution in [0.3, 0.4) is 0 Å². The summed E-state index contributed by atoms with van der Waals surface area (Å²) >= 11 is 0. The normalized spacial score (nSPS) is 14.1. The van der Waals surface area contributed by atoms with Crippen molar-refractivity contribution in [3.8, 4) is 0 Å². The first-order valence-corrected chi connectivity index (χ1v) is 7.01. The molecule has 0 saturated heterocycles. The van der Waals surface area contributed by atoms with Crippen molar-refractivity contribution < 1.29 is 4.79 Å². The molecule has 0 radical (unpaired) electrons. The fraction of sp³-hybridized carbons (Fsp3) is 0.211. The number of carbonyl (C=O) groups is 1. The lowest BCUT2D eigenvalue weighted by atomic mass is 9.82. The Morgan fingerprint density at radius 3 is 2.05 bits per heavy atom. The maximum absolute atomic E-state index is 12.6. The SMILES string of the molecule is C/C=C/C(c1ccccc1)C(C)C(=O)c1ccccc1. The van der Waals surface area contributed by atoms with Crippen molar-refractivity contribution in [2.75, 3.05) is 0 Å². The number of rotatable bonds is 5. The Labute approximate surface area is 121 Å². The van der Waals surface area contributed by atoms with E-state index in [1.165, 1.54) is 5.56 Å². The molecular weight excluding hydrogens is 244 g/mol. The maximum atomic E-state index is 12.6. The van der Waals surface area contributed by atoms with E-state index in [0.717, 1.165) is 5.56 Å². The minimum atomic E-state index is -0.0731. The van der Waals surface area contributed by atoms with Crippen molar-refractivity contribution in [2.45, 2.75) is 19.8 Å². The van der Waals surface area contributed by atoms with Crippen molar-refractivity contribution >= 4 is 5.78 Å². The monoisotopic (exact) mass is 264 g/mol. The van der Waals surface area contributed by atoms with E-state index in [1.54, 1.807) is 0 Å². The van der Waals surface area contributed by atoms with Crippen LogP contribution in [0.4, 0.5) is 0 Å². The van der Waals surface area contributed by atoms with Crippen LogP contribution in [0.1, 0.15) is 35.7 Å². The summed E-state index contributed by atoms with van der Waals surface area (Å²) in [5, 5.41) is 0. The molecule has 0 aliphatic carbocycles. The van der Waals surface area contributed by atoms with Crippen molar-refractivity contribution in [3.63, 3.8) is 0 Å². The zero-order valence-electron chi connectivity index (χ0n) is 12.0. The van der Waals surface area contributed by atoms with Crippen molar-refractivity contribution in [1.29, 1.82) is 0 Å². The average Bonchev–Trinajstić information content (AvgIpc) is 2.53. The third-order valence-electron chi connectivity index (χ3n) is 3.59. The molecule has 0 bridgehead atoms. The zero-order valence-corrected chi connectivity index (χ0v) is 12.0. The molecule has 0 saturated carbocycles. The number of allylic oxidation sites excluding steroid dienone is 2. The molecule has 2 aromatic rings. The van der Waals surface area contributed by atoms with Gasteiger partial charge in [0.15, 0.2) is 5.78 Å². The zero-order chi connectivity index (χ0) is 14.4. The number of Topliss-reactive ketones (excluding diaryl/α,β-unsaturated/α-hetero) is 1. The van der Waals surface area contributed by atoms with Crippen LogP contribution in [0.25, 0.3) is 0 Å². The molecule has 2 unspecified atom stereocenters. The summed E-state index contributed by atoms with van der Waals surface area (Å²) in [5.74, 6) is 0.238. The minimum absolute atomic E-state index is 0.0731. The molecule has 2 atom stereocenters. The highest BCUT2D eigenvalue weighted by atomic mass is 16.1. The Balaban J connectivity index is 2.28. The summed E-state index contributed by atoms with van der Waals surface area (Å²) in [5.41, 5.74) is 1.97. The topological polar surface area (TPSA) is 17.1 Å². The third-order valence-corrected chi connectivity index (χ3v) is 3.59. The number of benzene rings is 2. The van der Waals surface area contributed by atoms with Crippen LogP contribution in [-0.2, 0) is 0 Å². The predicted molar refractivity (Wildman–Crippen MR) is 83.9 cm³/mol. The number of hydrogen-bond acceptors (Lipinski definition) is 1. The molecule has 102 valence electrons. The molecular formula is C19H20O. The number of ketones is 1. The second-order valence-corrected chi connectivity index (χ2v) is 4.98. The van der Waals surface area contributed by atoms with Gasteiger partial charge in [-0.25, -0.2) is 0 Å². The summed E-state index contributed by atoms with van der Waals surface area (Å²) in [4.78, 5) is 12.6. The van der Waals surface area contributed by atoms with Gasteiger partial charge in [0.2, 0.25) is 0 Å². The van der Waals surface area contributed by atoms with Gasteiger partial charge in [-0.1, -0.05) is 79.7 Å². The van der Waals surface area contributed by atoms with Gasteiger partial charge in [-0.05, 0) is 12.5 Å². The summed E-state index contributed by atoms with van der Waals surface area (Å²) < 4.78 is 0. The Bertz CT molecular complexity index is 569. The van der Waals surface area contributed by atoms with Crippen LogP contribution in [0.15, 0.2) is 72.8 Å². The lowest BCUT2D eigenvalue weighted by molar-refractivity contribution is 0.0921. The summed E-state index contributed by atoms with van der Waals surface area (Å²) in [7, 11) is 0. The van der Waals surface area contributed by atoms with Crippen LogP contribution in [0.2, 0.25) is 0 Å². The van der Waals surface area contributed by atoms with E-state index in [4.69, 9.17) is 0 Å². The Morgan fingerprint density at radius 2 is 1.50 bits per heavy atom. The van der Waals surface area contributed by atoms with Gasteiger partial charge in [0.1, 0.15) is 0 Å². The molecule has 1 heteroatoms. The third kappa shape index (κ3) is 3.24. The largest absolute Gasteiger partial charge is 0.294 e. The summed E-state index contributed by atoms with van der Waals surface area (Å²) in [6.07, 6.45) is 4.13. The molecule has 0 spiro atoms. The van der Waals surface area contributed by atoms with E-state index in [0.29, 0.717) is 0 Å². The van der Waals surface area contributed by atoms with Gasteiger partial charge in [0.25, 0.3) is 0 Å². The Morgan fingerprint density at radius 1 is 0.950 bits per heavy atom. The van der Waals surface area contributed by atoms with Gasteiger partial charge in [-0.3, -0.25) is 4.79 Å². The van der Waals surface area contributed by atoms with E-state index < -0.39 is 0 Å². The smallest absolute Gasteiger partial charge is 0.166 e. The maximum Gasteiger partial charge on any atom is 0.166 e. The van der Waals surface area contributed by atoms with Crippen molar-refractivity contribution in [2.24, 2.45) is 5.92 Å². The van der Waals surface area contributed by atoms with Crippen LogP contribution in [0.5, 0.6) is 0 Å². The van der Waals surface area contributed by atoms with E-state index in [1.807, 2.05) is 68.5 Å². The van der Waals surface area contributed by atoms with E-state index in [-0.39, 0.29) is 17.6 Å². The lowest BCUT2D eigenvalue weighted by Gasteiger charge is -2.20. The lowest BCUT2D eigenvalue weighted by Crippen LogP contribution is -2.18.